The van der Waals surface area contributed by atoms with Crippen molar-refractivity contribution in [3.8, 4) is 17.0 Å². The molecular weight excluding hydrogens is 316 g/mol. The molecule has 0 fully saturated rings. The van der Waals surface area contributed by atoms with E-state index >= 15 is 0 Å². The van der Waals surface area contributed by atoms with Gasteiger partial charge in [-0.3, -0.25) is 0 Å². The van der Waals surface area contributed by atoms with Gasteiger partial charge >= 0.3 is 0 Å². The fourth-order valence-corrected chi connectivity index (χ4v) is 3.40. The highest BCUT2D eigenvalue weighted by Gasteiger charge is 2.09. The molecule has 0 bridgehead atoms. The van der Waals surface area contributed by atoms with E-state index in [2.05, 4.69) is 47.6 Å². The molecule has 2 N–H and O–H groups in total. The van der Waals surface area contributed by atoms with E-state index in [1.807, 2.05) is 18.2 Å². The molecule has 0 atom stereocenters. The van der Waals surface area contributed by atoms with Crippen LogP contribution in [-0.2, 0) is 19.4 Å². The van der Waals surface area contributed by atoms with E-state index in [-0.39, 0.29) is 0 Å². The lowest BCUT2D eigenvalue weighted by Crippen LogP contribution is -2.02. The number of thiazole rings is 1. The van der Waals surface area contributed by atoms with E-state index in [4.69, 9.17) is 10.5 Å². The van der Waals surface area contributed by atoms with Crippen molar-refractivity contribution < 1.29 is 4.74 Å². The molecule has 0 unspecified atom stereocenters. The number of ether oxygens (including phenoxy) is 1. The van der Waals surface area contributed by atoms with E-state index in [0.717, 1.165) is 34.9 Å². The summed E-state index contributed by atoms with van der Waals surface area (Å²) in [4.78, 5) is 4.67. The van der Waals surface area contributed by atoms with Crippen molar-refractivity contribution in [2.45, 2.75) is 26.4 Å². The first-order chi connectivity index (χ1) is 11.8. The van der Waals surface area contributed by atoms with Gasteiger partial charge in [-0.05, 0) is 42.3 Å². The van der Waals surface area contributed by atoms with Crippen LogP contribution in [0.25, 0.3) is 11.3 Å². The van der Waals surface area contributed by atoms with Crippen molar-refractivity contribution in [2.24, 2.45) is 5.73 Å². The van der Waals surface area contributed by atoms with Gasteiger partial charge < -0.3 is 10.5 Å². The monoisotopic (exact) mass is 338 g/mol. The average molecular weight is 338 g/mol. The molecular formula is C20H22N2OS. The number of hydrogen-bond donors (Lipinski definition) is 1. The van der Waals surface area contributed by atoms with Crippen LogP contribution in [0.1, 0.15) is 23.1 Å². The van der Waals surface area contributed by atoms with E-state index in [1.54, 1.807) is 11.3 Å². The molecule has 1 heterocycles. The Hall–Kier alpha value is -2.17. The summed E-state index contributed by atoms with van der Waals surface area (Å²) in [5.41, 5.74) is 10.1. The molecule has 3 aromatic rings. The maximum absolute atomic E-state index is 6.01. The number of nitrogens with zero attached hydrogens (tertiary/aromatic N) is 1. The summed E-state index contributed by atoms with van der Waals surface area (Å²) in [5, 5.41) is 3.19. The molecule has 0 saturated heterocycles. The van der Waals surface area contributed by atoms with Gasteiger partial charge in [-0.2, -0.15) is 0 Å². The average Bonchev–Trinajstić information content (AvgIpc) is 3.10. The molecule has 0 aliphatic carbocycles. The smallest absolute Gasteiger partial charge is 0.123 e. The molecule has 0 aliphatic heterocycles. The van der Waals surface area contributed by atoms with Gasteiger partial charge in [0.1, 0.15) is 12.4 Å². The number of aromatic nitrogens is 1. The van der Waals surface area contributed by atoms with Crippen LogP contribution in [0.2, 0.25) is 0 Å². The van der Waals surface area contributed by atoms with Crippen LogP contribution in [0, 0.1) is 0 Å². The lowest BCUT2D eigenvalue weighted by atomic mass is 10.1. The third-order valence-corrected chi connectivity index (χ3v) is 4.79. The largest absolute Gasteiger partial charge is 0.489 e. The van der Waals surface area contributed by atoms with E-state index in [9.17, 15) is 0 Å². The normalized spacial score (nSPS) is 10.8. The van der Waals surface area contributed by atoms with Gasteiger partial charge in [0.2, 0.25) is 0 Å². The number of aryl methyl sites for hydroxylation is 1. The first-order valence-corrected chi connectivity index (χ1v) is 9.12. The Morgan fingerprint density at radius 3 is 2.71 bits per heavy atom. The Kier molecular flexibility index (Phi) is 5.62. The maximum Gasteiger partial charge on any atom is 0.123 e. The lowest BCUT2D eigenvalue weighted by molar-refractivity contribution is 0.303. The van der Waals surface area contributed by atoms with Gasteiger partial charge in [0.15, 0.2) is 0 Å². The molecule has 0 amide bonds. The molecule has 0 aliphatic rings. The Bertz CT molecular complexity index is 783. The predicted octanol–water partition coefficient (Wildman–Crippen LogP) is 4.45. The van der Waals surface area contributed by atoms with E-state index in [0.29, 0.717) is 13.2 Å². The zero-order valence-corrected chi connectivity index (χ0v) is 14.7. The van der Waals surface area contributed by atoms with Gasteiger partial charge in [0.05, 0.1) is 10.7 Å². The summed E-state index contributed by atoms with van der Waals surface area (Å²) in [6, 6.07) is 16.6. The summed E-state index contributed by atoms with van der Waals surface area (Å²) in [6.45, 7) is 3.37. The number of hydrogen-bond acceptors (Lipinski definition) is 4. The van der Waals surface area contributed by atoms with Crippen LogP contribution in [0.5, 0.6) is 5.75 Å². The Morgan fingerprint density at radius 2 is 1.96 bits per heavy atom. The first-order valence-electron chi connectivity index (χ1n) is 8.24. The second-order valence-corrected chi connectivity index (χ2v) is 6.56. The number of rotatable bonds is 7. The highest BCUT2D eigenvalue weighted by atomic mass is 32.1. The third kappa shape index (κ3) is 4.02. The zero-order valence-electron chi connectivity index (χ0n) is 13.9. The molecule has 0 spiro atoms. The molecule has 24 heavy (non-hydrogen) atoms. The van der Waals surface area contributed by atoms with Crippen LogP contribution in [0.4, 0.5) is 0 Å². The topological polar surface area (TPSA) is 48.1 Å². The predicted molar refractivity (Wildman–Crippen MR) is 100 cm³/mol. The quantitative estimate of drug-likeness (QED) is 0.692. The fourth-order valence-electron chi connectivity index (χ4n) is 2.57. The van der Waals surface area contributed by atoms with Gasteiger partial charge in [0.25, 0.3) is 0 Å². The van der Waals surface area contributed by atoms with E-state index in [1.165, 1.54) is 11.1 Å². The number of benzene rings is 2. The summed E-state index contributed by atoms with van der Waals surface area (Å²) in [5.74, 6) is 0.947. The summed E-state index contributed by atoms with van der Waals surface area (Å²) < 4.78 is 6.01. The van der Waals surface area contributed by atoms with Crippen LogP contribution in [0.3, 0.4) is 0 Å². The molecule has 124 valence electrons. The first kappa shape index (κ1) is 16.7. The standard InChI is InChI=1S/C20H22N2OS/c1-2-16-12-17(18-14-24-20(22-18)10-11-21)8-9-19(16)23-13-15-6-4-3-5-7-15/h3-9,12,14H,2,10-11,13,21H2,1H3. The van der Waals surface area contributed by atoms with Crippen molar-refractivity contribution in [1.82, 2.24) is 4.98 Å². The highest BCUT2D eigenvalue weighted by molar-refractivity contribution is 7.09. The molecule has 1 aromatic heterocycles. The summed E-state index contributed by atoms with van der Waals surface area (Å²) in [7, 11) is 0. The zero-order chi connectivity index (χ0) is 16.8. The van der Waals surface area contributed by atoms with Gasteiger partial charge in [-0.25, -0.2) is 4.98 Å². The minimum absolute atomic E-state index is 0.588. The molecule has 3 nitrogen and oxygen atoms in total. The van der Waals surface area contributed by atoms with Crippen molar-refractivity contribution in [3.05, 3.63) is 70.0 Å². The van der Waals surface area contributed by atoms with Crippen molar-refractivity contribution in [3.63, 3.8) is 0 Å². The fraction of sp³-hybridized carbons (Fsp3) is 0.250. The minimum Gasteiger partial charge on any atom is -0.489 e. The van der Waals surface area contributed by atoms with Crippen molar-refractivity contribution in [1.29, 1.82) is 0 Å². The summed E-state index contributed by atoms with van der Waals surface area (Å²) >= 11 is 1.67. The Morgan fingerprint density at radius 1 is 1.12 bits per heavy atom. The second kappa shape index (κ2) is 8.08. The SMILES string of the molecule is CCc1cc(-c2csc(CCN)n2)ccc1OCc1ccccc1. The van der Waals surface area contributed by atoms with E-state index < -0.39 is 0 Å². The molecule has 0 radical (unpaired) electrons. The van der Waals surface area contributed by atoms with Crippen LogP contribution >= 0.6 is 11.3 Å². The third-order valence-electron chi connectivity index (χ3n) is 3.88. The minimum atomic E-state index is 0.588. The Balaban J connectivity index is 1.77. The van der Waals surface area contributed by atoms with Crippen LogP contribution in [0.15, 0.2) is 53.9 Å². The van der Waals surface area contributed by atoms with Gasteiger partial charge in [-0.15, -0.1) is 11.3 Å². The van der Waals surface area contributed by atoms with Crippen LogP contribution in [-0.4, -0.2) is 11.5 Å². The van der Waals surface area contributed by atoms with Crippen molar-refractivity contribution in [2.75, 3.05) is 6.54 Å². The summed E-state index contributed by atoms with van der Waals surface area (Å²) in [6.07, 6.45) is 1.77. The molecule has 3 rings (SSSR count). The van der Waals surface area contributed by atoms with Crippen molar-refractivity contribution >= 4 is 11.3 Å². The maximum atomic E-state index is 6.01. The van der Waals surface area contributed by atoms with Crippen LogP contribution < -0.4 is 10.5 Å². The van der Waals surface area contributed by atoms with Gasteiger partial charge in [0, 0.05) is 17.4 Å². The lowest BCUT2D eigenvalue weighted by Gasteiger charge is -2.12. The van der Waals surface area contributed by atoms with Gasteiger partial charge in [-0.1, -0.05) is 37.3 Å². The highest BCUT2D eigenvalue weighted by Crippen LogP contribution is 2.28. The Labute approximate surface area is 147 Å². The molecule has 4 heteroatoms. The molecule has 0 saturated carbocycles. The molecule has 2 aromatic carbocycles. The second-order valence-electron chi connectivity index (χ2n) is 5.62. The number of nitrogens with two attached hydrogens (primary N) is 1.